The molecule has 0 bridgehead atoms. The van der Waals surface area contributed by atoms with Gasteiger partial charge >= 0.3 is 0 Å². The van der Waals surface area contributed by atoms with Crippen LogP contribution in [0, 0.1) is 0 Å². The number of carbonyl (C=O) groups is 2. The van der Waals surface area contributed by atoms with E-state index >= 15 is 0 Å². The molecule has 9 nitrogen and oxygen atoms in total. The van der Waals surface area contributed by atoms with Gasteiger partial charge in [-0.05, 0) is 57.0 Å². The highest BCUT2D eigenvalue weighted by Gasteiger charge is 2.33. The average molecular weight is 520 g/mol. The molecule has 0 radical (unpaired) electrons. The van der Waals surface area contributed by atoms with Crippen LogP contribution in [0.3, 0.4) is 0 Å². The van der Waals surface area contributed by atoms with Crippen LogP contribution in [0.1, 0.15) is 39.7 Å². The highest BCUT2D eigenvalue weighted by molar-refractivity contribution is 7.92. The second-order valence-electron chi connectivity index (χ2n) is 9.50. The van der Waals surface area contributed by atoms with E-state index in [0.717, 1.165) is 16.1 Å². The van der Waals surface area contributed by atoms with Gasteiger partial charge in [0.2, 0.25) is 21.8 Å². The number of carbonyl (C=O) groups excluding carboxylic acids is 2. The first kappa shape index (κ1) is 29.0. The molecule has 0 saturated carbocycles. The Bertz CT molecular complexity index is 1140. The second-order valence-corrected chi connectivity index (χ2v) is 11.4. The Morgan fingerprint density at radius 2 is 1.61 bits per heavy atom. The summed E-state index contributed by atoms with van der Waals surface area (Å²) in [5.41, 5.74) is 0.568. The Hall–Kier alpha value is -3.27. The lowest BCUT2D eigenvalue weighted by molar-refractivity contribution is -0.141. The van der Waals surface area contributed by atoms with Crippen LogP contribution in [-0.4, -0.2) is 63.7 Å². The van der Waals surface area contributed by atoms with E-state index in [9.17, 15) is 18.0 Å². The zero-order valence-corrected chi connectivity index (χ0v) is 22.9. The van der Waals surface area contributed by atoms with Crippen LogP contribution in [0.2, 0.25) is 0 Å². The molecule has 10 heteroatoms. The molecule has 0 aromatic heterocycles. The molecular formula is C26H37N3O6S. The first-order valence-corrected chi connectivity index (χ1v) is 13.5. The molecule has 1 atom stereocenters. The van der Waals surface area contributed by atoms with Crippen LogP contribution < -0.4 is 19.1 Å². The number of ether oxygens (including phenoxy) is 2. The van der Waals surface area contributed by atoms with Gasteiger partial charge in [0.05, 0.1) is 26.2 Å². The maximum Gasteiger partial charge on any atom is 0.244 e. The van der Waals surface area contributed by atoms with E-state index in [1.165, 1.54) is 12.0 Å². The van der Waals surface area contributed by atoms with Gasteiger partial charge in [0.25, 0.3) is 0 Å². The molecule has 1 N–H and O–H groups in total. The van der Waals surface area contributed by atoms with E-state index in [0.29, 0.717) is 23.6 Å². The molecule has 36 heavy (non-hydrogen) atoms. The lowest BCUT2D eigenvalue weighted by Gasteiger charge is -2.34. The molecule has 0 spiro atoms. The third kappa shape index (κ3) is 8.15. The number of nitrogens with one attached hydrogen (secondary N) is 1. The van der Waals surface area contributed by atoms with Crippen molar-refractivity contribution >= 4 is 27.5 Å². The van der Waals surface area contributed by atoms with Crippen molar-refractivity contribution in [3.63, 3.8) is 0 Å². The minimum atomic E-state index is -3.82. The molecular weight excluding hydrogens is 482 g/mol. The zero-order valence-electron chi connectivity index (χ0n) is 22.1. The van der Waals surface area contributed by atoms with Gasteiger partial charge in [-0.15, -0.1) is 0 Å². The minimum absolute atomic E-state index is 0.120. The number of sulfonamides is 1. The van der Waals surface area contributed by atoms with Crippen molar-refractivity contribution < 1.29 is 27.5 Å². The Labute approximate surface area is 214 Å². The molecule has 0 aliphatic rings. The SMILES string of the molecule is CCC(C(=O)NC(C)(C)C)N(Cc1ccc(OC)cc1)C(=O)CN(c1cccc(OC)c1)S(C)(=O)=O. The Balaban J connectivity index is 2.46. The van der Waals surface area contributed by atoms with E-state index in [2.05, 4.69) is 5.32 Å². The zero-order chi connectivity index (χ0) is 27.1. The van der Waals surface area contributed by atoms with Crippen molar-refractivity contribution in [1.82, 2.24) is 10.2 Å². The molecule has 198 valence electrons. The topological polar surface area (TPSA) is 105 Å². The standard InChI is InChI=1S/C26H37N3O6S/c1-8-23(25(31)27-26(2,3)4)28(17-19-12-14-21(34-5)15-13-19)24(30)18-29(36(7,32)33)20-10-9-11-22(16-20)35-6/h9-16,23H,8,17-18H2,1-7H3,(H,27,31). The fraction of sp³-hybridized carbons (Fsp3) is 0.462. The number of anilines is 1. The third-order valence-electron chi connectivity index (χ3n) is 5.42. The number of hydrogen-bond donors (Lipinski definition) is 1. The fourth-order valence-corrected chi connectivity index (χ4v) is 4.52. The van der Waals surface area contributed by atoms with Crippen LogP contribution in [0.5, 0.6) is 11.5 Å². The average Bonchev–Trinajstić information content (AvgIpc) is 2.80. The van der Waals surface area contributed by atoms with Crippen LogP contribution in [-0.2, 0) is 26.2 Å². The highest BCUT2D eigenvalue weighted by Crippen LogP contribution is 2.24. The van der Waals surface area contributed by atoms with Gasteiger partial charge < -0.3 is 19.7 Å². The Morgan fingerprint density at radius 3 is 2.11 bits per heavy atom. The smallest absolute Gasteiger partial charge is 0.244 e. The number of amides is 2. The van der Waals surface area contributed by atoms with Crippen LogP contribution in [0.25, 0.3) is 0 Å². The van der Waals surface area contributed by atoms with Crippen LogP contribution in [0.15, 0.2) is 48.5 Å². The van der Waals surface area contributed by atoms with Gasteiger partial charge in [0, 0.05) is 18.2 Å². The number of benzene rings is 2. The Kier molecular flexibility index (Phi) is 9.75. The van der Waals surface area contributed by atoms with Gasteiger partial charge in [-0.2, -0.15) is 0 Å². The first-order valence-electron chi connectivity index (χ1n) is 11.6. The van der Waals surface area contributed by atoms with E-state index in [1.54, 1.807) is 43.5 Å². The van der Waals surface area contributed by atoms with Gasteiger partial charge in [0.15, 0.2) is 0 Å². The third-order valence-corrected chi connectivity index (χ3v) is 6.56. The molecule has 0 heterocycles. The monoisotopic (exact) mass is 519 g/mol. The summed E-state index contributed by atoms with van der Waals surface area (Å²) < 4.78 is 36.9. The summed E-state index contributed by atoms with van der Waals surface area (Å²) in [6.07, 6.45) is 1.39. The van der Waals surface area contributed by atoms with E-state index in [1.807, 2.05) is 39.8 Å². The van der Waals surface area contributed by atoms with Crippen LogP contribution >= 0.6 is 0 Å². The maximum absolute atomic E-state index is 13.7. The van der Waals surface area contributed by atoms with Gasteiger partial charge in [-0.25, -0.2) is 8.42 Å². The molecule has 1 unspecified atom stereocenters. The molecule has 2 aromatic carbocycles. The highest BCUT2D eigenvalue weighted by atomic mass is 32.2. The fourth-order valence-electron chi connectivity index (χ4n) is 3.68. The lowest BCUT2D eigenvalue weighted by Crippen LogP contribution is -2.55. The van der Waals surface area contributed by atoms with Gasteiger partial charge in [-0.3, -0.25) is 13.9 Å². The first-order chi connectivity index (χ1) is 16.8. The van der Waals surface area contributed by atoms with E-state index in [-0.39, 0.29) is 12.5 Å². The molecule has 0 aliphatic carbocycles. The largest absolute Gasteiger partial charge is 0.497 e. The summed E-state index contributed by atoms with van der Waals surface area (Å²) in [5, 5.41) is 2.94. The molecule has 2 rings (SSSR count). The van der Waals surface area contributed by atoms with Crippen molar-refractivity contribution in [2.45, 2.75) is 52.2 Å². The Morgan fingerprint density at radius 1 is 1.00 bits per heavy atom. The van der Waals surface area contributed by atoms with E-state index < -0.39 is 34.1 Å². The second kappa shape index (κ2) is 12.1. The summed E-state index contributed by atoms with van der Waals surface area (Å²) in [6.45, 7) is 7.05. The van der Waals surface area contributed by atoms with Crippen molar-refractivity contribution in [3.05, 3.63) is 54.1 Å². The minimum Gasteiger partial charge on any atom is -0.497 e. The summed E-state index contributed by atoms with van der Waals surface area (Å²) in [6, 6.07) is 12.8. The maximum atomic E-state index is 13.7. The number of hydrogen-bond acceptors (Lipinski definition) is 6. The van der Waals surface area contributed by atoms with Gasteiger partial charge in [0.1, 0.15) is 24.1 Å². The molecule has 0 saturated heterocycles. The van der Waals surface area contributed by atoms with Crippen molar-refractivity contribution in [2.24, 2.45) is 0 Å². The van der Waals surface area contributed by atoms with Crippen molar-refractivity contribution in [2.75, 3.05) is 31.3 Å². The molecule has 2 aromatic rings. The van der Waals surface area contributed by atoms with Crippen molar-refractivity contribution in [3.8, 4) is 11.5 Å². The summed E-state index contributed by atoms with van der Waals surface area (Å²) >= 11 is 0. The van der Waals surface area contributed by atoms with Crippen LogP contribution in [0.4, 0.5) is 5.69 Å². The van der Waals surface area contributed by atoms with Crippen molar-refractivity contribution in [1.29, 1.82) is 0 Å². The van der Waals surface area contributed by atoms with E-state index in [4.69, 9.17) is 9.47 Å². The number of rotatable bonds is 11. The summed E-state index contributed by atoms with van der Waals surface area (Å²) in [4.78, 5) is 28.3. The van der Waals surface area contributed by atoms with Gasteiger partial charge in [-0.1, -0.05) is 25.1 Å². The summed E-state index contributed by atoms with van der Waals surface area (Å²) in [5.74, 6) is 0.309. The summed E-state index contributed by atoms with van der Waals surface area (Å²) in [7, 11) is -0.782. The molecule has 0 fully saturated rings. The number of nitrogens with zero attached hydrogens (tertiary/aromatic N) is 2. The lowest BCUT2D eigenvalue weighted by atomic mass is 10.1. The molecule has 2 amide bonds. The molecule has 0 aliphatic heterocycles. The number of methoxy groups -OCH3 is 2. The quantitative estimate of drug-likeness (QED) is 0.489. The normalized spacial score (nSPS) is 12.4. The predicted octanol–water partition coefficient (Wildman–Crippen LogP) is 3.19. The predicted molar refractivity (Wildman–Crippen MR) is 141 cm³/mol.